The van der Waals surface area contributed by atoms with Crippen LogP contribution >= 0.6 is 11.3 Å². The van der Waals surface area contributed by atoms with Crippen LogP contribution in [0.3, 0.4) is 0 Å². The molecule has 33 heavy (non-hydrogen) atoms. The first-order valence-corrected chi connectivity index (χ1v) is 13.5. The van der Waals surface area contributed by atoms with Crippen LogP contribution in [0.4, 0.5) is 5.69 Å². The molecule has 3 heterocycles. The molecule has 5 rings (SSSR count). The van der Waals surface area contributed by atoms with Gasteiger partial charge in [0.05, 0.1) is 0 Å². The Labute approximate surface area is 197 Å². The predicted molar refractivity (Wildman–Crippen MR) is 125 cm³/mol. The molecule has 1 N–H and O–H groups in total. The van der Waals surface area contributed by atoms with Gasteiger partial charge in [-0.05, 0) is 56.4 Å². The molecule has 1 aliphatic heterocycles. The Morgan fingerprint density at radius 1 is 1.18 bits per heavy atom. The van der Waals surface area contributed by atoms with E-state index in [-0.39, 0.29) is 16.0 Å². The minimum atomic E-state index is -3.63. The van der Waals surface area contributed by atoms with Crippen LogP contribution in [0.15, 0.2) is 44.4 Å². The molecule has 0 radical (unpaired) electrons. The van der Waals surface area contributed by atoms with Crippen molar-refractivity contribution in [3.63, 3.8) is 0 Å². The molecule has 2 aliphatic rings. The number of carbonyl (C=O) groups is 1. The van der Waals surface area contributed by atoms with E-state index >= 15 is 0 Å². The molecule has 0 spiro atoms. The van der Waals surface area contributed by atoms with Crippen molar-refractivity contribution in [3.05, 3.63) is 47.2 Å². The average molecular weight is 487 g/mol. The van der Waals surface area contributed by atoms with E-state index < -0.39 is 10.0 Å². The van der Waals surface area contributed by atoms with Gasteiger partial charge in [-0.2, -0.15) is 9.29 Å². The quantitative estimate of drug-likeness (QED) is 0.553. The minimum Gasteiger partial charge on any atom is -0.339 e. The lowest BCUT2D eigenvalue weighted by Gasteiger charge is -2.30. The summed E-state index contributed by atoms with van der Waals surface area (Å²) in [6.07, 6.45) is 4.27. The number of sulfonamides is 1. The van der Waals surface area contributed by atoms with E-state index in [4.69, 9.17) is 4.52 Å². The zero-order chi connectivity index (χ0) is 23.0. The van der Waals surface area contributed by atoms with Crippen molar-refractivity contribution >= 4 is 33.0 Å². The van der Waals surface area contributed by atoms with Crippen LogP contribution in [0.2, 0.25) is 0 Å². The molecule has 0 bridgehead atoms. The summed E-state index contributed by atoms with van der Waals surface area (Å²) in [6, 6.07) is 9.27. The van der Waals surface area contributed by atoms with Gasteiger partial charge in [-0.25, -0.2) is 8.42 Å². The summed E-state index contributed by atoms with van der Waals surface area (Å²) in [6.45, 7) is 2.60. The Kier molecular flexibility index (Phi) is 6.07. The first-order valence-electron chi connectivity index (χ1n) is 11.2. The fraction of sp³-hybridized carbons (Fsp3) is 0.435. The van der Waals surface area contributed by atoms with Gasteiger partial charge in [-0.15, -0.1) is 11.3 Å². The highest BCUT2D eigenvalue weighted by Gasteiger charge is 2.33. The monoisotopic (exact) mass is 486 g/mol. The minimum absolute atomic E-state index is 0.0598. The number of aromatic nitrogens is 2. The van der Waals surface area contributed by atoms with Crippen LogP contribution in [0.1, 0.15) is 49.5 Å². The van der Waals surface area contributed by atoms with E-state index in [0.717, 1.165) is 35.4 Å². The van der Waals surface area contributed by atoms with Crippen LogP contribution < -0.4 is 5.32 Å². The molecule has 8 nitrogen and oxygen atoms in total. The number of hydrogen-bond donors (Lipinski definition) is 1. The van der Waals surface area contributed by atoms with Crippen molar-refractivity contribution in [2.24, 2.45) is 5.92 Å². The van der Waals surface area contributed by atoms with Gasteiger partial charge < -0.3 is 9.84 Å². The molecule has 1 saturated carbocycles. The molecular weight excluding hydrogens is 460 g/mol. The van der Waals surface area contributed by atoms with Gasteiger partial charge in [0.15, 0.2) is 0 Å². The second-order valence-corrected chi connectivity index (χ2v) is 11.9. The molecule has 1 amide bonds. The zero-order valence-corrected chi connectivity index (χ0v) is 20.0. The number of aryl methyl sites for hydroxylation is 1. The van der Waals surface area contributed by atoms with E-state index in [2.05, 4.69) is 15.5 Å². The number of amides is 1. The third kappa shape index (κ3) is 4.60. The van der Waals surface area contributed by atoms with E-state index in [0.29, 0.717) is 49.1 Å². The number of benzene rings is 1. The molecule has 1 aliphatic carbocycles. The zero-order valence-electron chi connectivity index (χ0n) is 18.4. The normalized spacial score (nSPS) is 18.2. The number of nitrogens with one attached hydrogen (secondary N) is 1. The number of rotatable bonds is 6. The largest absolute Gasteiger partial charge is 0.339 e. The highest BCUT2D eigenvalue weighted by atomic mass is 32.2. The first-order chi connectivity index (χ1) is 15.9. The molecule has 1 saturated heterocycles. The fourth-order valence-corrected chi connectivity index (χ4v) is 6.98. The van der Waals surface area contributed by atoms with Gasteiger partial charge in [0, 0.05) is 41.6 Å². The van der Waals surface area contributed by atoms with Crippen molar-refractivity contribution in [3.8, 4) is 11.4 Å². The first kappa shape index (κ1) is 22.2. The number of thiophene rings is 1. The summed E-state index contributed by atoms with van der Waals surface area (Å²) in [5.41, 5.74) is 2.49. The van der Waals surface area contributed by atoms with Gasteiger partial charge in [0.25, 0.3) is 10.0 Å². The summed E-state index contributed by atoms with van der Waals surface area (Å²) in [5, 5.41) is 8.74. The van der Waals surface area contributed by atoms with Gasteiger partial charge in [0.1, 0.15) is 4.21 Å². The number of piperidine rings is 1. The molecule has 1 aromatic carbocycles. The molecule has 174 valence electrons. The average Bonchev–Trinajstić information content (AvgIpc) is 3.43. The maximum Gasteiger partial charge on any atom is 0.252 e. The number of anilines is 1. The van der Waals surface area contributed by atoms with E-state index in [1.165, 1.54) is 10.7 Å². The highest BCUT2D eigenvalue weighted by Crippen LogP contribution is 2.37. The van der Waals surface area contributed by atoms with Crippen LogP contribution in [0.5, 0.6) is 0 Å². The Bertz CT molecular complexity index is 1250. The lowest BCUT2D eigenvalue weighted by Crippen LogP contribution is -2.41. The lowest BCUT2D eigenvalue weighted by molar-refractivity contribution is -0.120. The molecule has 10 heteroatoms. The van der Waals surface area contributed by atoms with Crippen LogP contribution in [0.25, 0.3) is 11.4 Å². The van der Waals surface area contributed by atoms with E-state index in [1.54, 1.807) is 11.4 Å². The molecule has 3 aromatic rings. The second kappa shape index (κ2) is 9.00. The maximum absolute atomic E-state index is 13.2. The van der Waals surface area contributed by atoms with Crippen molar-refractivity contribution < 1.29 is 17.7 Å². The molecule has 0 atom stereocenters. The van der Waals surface area contributed by atoms with Crippen molar-refractivity contribution in [2.75, 3.05) is 18.4 Å². The molecule has 2 aromatic heterocycles. The number of nitrogens with zero attached hydrogens (tertiary/aromatic N) is 3. The van der Waals surface area contributed by atoms with Crippen molar-refractivity contribution in [1.82, 2.24) is 14.4 Å². The Morgan fingerprint density at radius 2 is 1.97 bits per heavy atom. The maximum atomic E-state index is 13.2. The SMILES string of the molecule is Cc1cccc(NC(=O)C2CCN(S(=O)(=O)c3cc(-c4noc(C5CCC5)n4)cs3)CC2)c1. The third-order valence-electron chi connectivity index (χ3n) is 6.43. The summed E-state index contributed by atoms with van der Waals surface area (Å²) >= 11 is 1.16. The van der Waals surface area contributed by atoms with Gasteiger partial charge in [-0.3, -0.25) is 4.79 Å². The van der Waals surface area contributed by atoms with Crippen molar-refractivity contribution in [1.29, 1.82) is 0 Å². The molecule has 0 unspecified atom stereocenters. The fourth-order valence-electron chi connectivity index (χ4n) is 4.20. The topological polar surface area (TPSA) is 105 Å². The third-order valence-corrected chi connectivity index (χ3v) is 9.75. The smallest absolute Gasteiger partial charge is 0.252 e. The molecular formula is C23H26N4O4S2. The number of carbonyl (C=O) groups excluding carboxylic acids is 1. The second-order valence-electron chi connectivity index (χ2n) is 8.78. The lowest BCUT2D eigenvalue weighted by atomic mass is 9.85. The van der Waals surface area contributed by atoms with Gasteiger partial charge >= 0.3 is 0 Å². The summed E-state index contributed by atoms with van der Waals surface area (Å²) < 4.78 is 33.4. The van der Waals surface area contributed by atoms with Crippen molar-refractivity contribution in [2.45, 2.75) is 49.2 Å². The van der Waals surface area contributed by atoms with Gasteiger partial charge in [-0.1, -0.05) is 23.7 Å². The summed E-state index contributed by atoms with van der Waals surface area (Å²) in [7, 11) is -3.63. The summed E-state index contributed by atoms with van der Waals surface area (Å²) in [4.78, 5) is 17.1. The Morgan fingerprint density at radius 3 is 2.67 bits per heavy atom. The van der Waals surface area contributed by atoms with Gasteiger partial charge in [0.2, 0.25) is 17.6 Å². The van der Waals surface area contributed by atoms with Crippen LogP contribution in [-0.4, -0.2) is 41.9 Å². The highest BCUT2D eigenvalue weighted by molar-refractivity contribution is 7.91. The Hall–Kier alpha value is -2.56. The van der Waals surface area contributed by atoms with Crippen LogP contribution in [0, 0.1) is 12.8 Å². The summed E-state index contributed by atoms with van der Waals surface area (Å²) in [5.74, 6) is 1.13. The standard InChI is InChI=1S/C23H26N4O4S2/c1-15-4-2-7-19(12-15)24-22(28)16-8-10-27(11-9-16)33(29,30)20-13-18(14-32-20)21-25-23(31-26-21)17-5-3-6-17/h2,4,7,12-14,16-17H,3,5-6,8-11H2,1H3,(H,24,28). The predicted octanol–water partition coefficient (Wildman–Crippen LogP) is 4.41. The van der Waals surface area contributed by atoms with Crippen LogP contribution in [-0.2, 0) is 14.8 Å². The Balaban J connectivity index is 1.21. The molecule has 2 fully saturated rings. The van der Waals surface area contributed by atoms with E-state index in [9.17, 15) is 13.2 Å². The van der Waals surface area contributed by atoms with E-state index in [1.807, 2.05) is 31.2 Å². The number of hydrogen-bond acceptors (Lipinski definition) is 7.